The number of phenolic OH excluding ortho intramolecular Hbond substituents is 1. The molecule has 0 aliphatic carbocycles. The number of hydrogen-bond donors (Lipinski definition) is 4. The van der Waals surface area contributed by atoms with Gasteiger partial charge < -0.3 is 20.8 Å². The summed E-state index contributed by atoms with van der Waals surface area (Å²) in [6, 6.07) is 25.1. The zero-order chi connectivity index (χ0) is 23.0. The van der Waals surface area contributed by atoms with Crippen molar-refractivity contribution >= 4 is 22.7 Å². The largest absolute Gasteiger partial charge is 0.508 e. The highest BCUT2D eigenvalue weighted by Crippen LogP contribution is 2.36. The maximum absolute atomic E-state index is 12.5. The van der Waals surface area contributed by atoms with E-state index in [0.29, 0.717) is 12.8 Å². The lowest BCUT2D eigenvalue weighted by Gasteiger charge is -2.18. The Labute approximate surface area is 194 Å². The van der Waals surface area contributed by atoms with Crippen molar-refractivity contribution in [1.29, 1.82) is 0 Å². The first-order valence-electron chi connectivity index (χ1n) is 11.5. The maximum atomic E-state index is 12.5. The summed E-state index contributed by atoms with van der Waals surface area (Å²) < 4.78 is 0. The highest BCUT2D eigenvalue weighted by Gasteiger charge is 2.22. The molecule has 3 aromatic rings. The van der Waals surface area contributed by atoms with Gasteiger partial charge in [0.2, 0.25) is 5.91 Å². The first kappa shape index (κ1) is 22.8. The van der Waals surface area contributed by atoms with Crippen LogP contribution in [0.5, 0.6) is 5.75 Å². The molecule has 1 amide bonds. The molecule has 0 bridgehead atoms. The van der Waals surface area contributed by atoms with Gasteiger partial charge in [-0.2, -0.15) is 0 Å². The lowest BCUT2D eigenvalue weighted by molar-refractivity contribution is -0.117. The number of phenols is 1. The molecular formula is C28H30N2O3. The number of nitrogens with one attached hydrogen (secondary N) is 2. The van der Waals surface area contributed by atoms with Crippen LogP contribution in [-0.4, -0.2) is 35.3 Å². The number of aliphatic hydroxyl groups excluding tert-OH is 1. The van der Waals surface area contributed by atoms with Gasteiger partial charge in [-0.25, -0.2) is 0 Å². The topological polar surface area (TPSA) is 81.6 Å². The molecule has 1 atom stereocenters. The summed E-state index contributed by atoms with van der Waals surface area (Å²) >= 11 is 0. The standard InChI is InChI=1S/C28H30N2O3/c31-19-5-8-25(20-6-2-1-3-7-20)27(22-12-16-24(32)17-13-22)21-10-14-23(15-11-21)30-28(33)26-9-4-18-29-26/h1-3,6-7,10-17,26,29,31-32H,4-5,8-9,18-19H2,(H,30,33). The summed E-state index contributed by atoms with van der Waals surface area (Å²) in [5, 5.41) is 25.6. The predicted octanol–water partition coefficient (Wildman–Crippen LogP) is 4.81. The van der Waals surface area contributed by atoms with Crippen molar-refractivity contribution in [3.05, 3.63) is 95.6 Å². The van der Waals surface area contributed by atoms with E-state index in [9.17, 15) is 15.0 Å². The van der Waals surface area contributed by atoms with E-state index in [4.69, 9.17) is 0 Å². The van der Waals surface area contributed by atoms with Crippen LogP contribution in [0.1, 0.15) is 42.4 Å². The minimum atomic E-state index is -0.125. The SMILES string of the molecule is O=C(Nc1ccc(C(=C(CCCO)c2ccccc2)c2ccc(O)cc2)cc1)C1CCCN1. The fourth-order valence-electron chi connectivity index (χ4n) is 4.31. The Morgan fingerprint density at radius 3 is 2.18 bits per heavy atom. The fourth-order valence-corrected chi connectivity index (χ4v) is 4.31. The van der Waals surface area contributed by atoms with Gasteiger partial charge in [-0.1, -0.05) is 54.6 Å². The quantitative estimate of drug-likeness (QED) is 0.377. The summed E-state index contributed by atoms with van der Waals surface area (Å²) in [6.07, 6.45) is 3.24. The second kappa shape index (κ2) is 10.9. The zero-order valence-corrected chi connectivity index (χ0v) is 18.6. The van der Waals surface area contributed by atoms with E-state index in [1.54, 1.807) is 12.1 Å². The van der Waals surface area contributed by atoms with Crippen molar-refractivity contribution in [2.75, 3.05) is 18.5 Å². The molecule has 5 nitrogen and oxygen atoms in total. The molecule has 1 unspecified atom stereocenters. The molecule has 1 aliphatic rings. The molecule has 5 heteroatoms. The number of aromatic hydroxyl groups is 1. The molecule has 1 aliphatic heterocycles. The van der Waals surface area contributed by atoms with Gasteiger partial charge in [-0.05, 0) is 84.3 Å². The number of benzene rings is 3. The van der Waals surface area contributed by atoms with E-state index < -0.39 is 0 Å². The van der Waals surface area contributed by atoms with Gasteiger partial charge in [0.25, 0.3) is 0 Å². The number of anilines is 1. The average Bonchev–Trinajstić information content (AvgIpc) is 3.39. The second-order valence-electron chi connectivity index (χ2n) is 8.31. The number of aliphatic hydroxyl groups is 1. The Kier molecular flexibility index (Phi) is 7.55. The summed E-state index contributed by atoms with van der Waals surface area (Å²) in [5.74, 6) is 0.218. The molecule has 0 saturated carbocycles. The second-order valence-corrected chi connectivity index (χ2v) is 8.31. The van der Waals surface area contributed by atoms with Gasteiger partial charge in [0.15, 0.2) is 0 Å². The molecule has 4 rings (SSSR count). The third kappa shape index (κ3) is 5.69. The lowest BCUT2D eigenvalue weighted by atomic mass is 9.87. The number of carbonyl (C=O) groups excluding carboxylic acids is 1. The minimum absolute atomic E-state index is 0.00229. The van der Waals surface area contributed by atoms with Crippen molar-refractivity contribution in [2.24, 2.45) is 0 Å². The Balaban J connectivity index is 1.73. The zero-order valence-electron chi connectivity index (χ0n) is 18.6. The van der Waals surface area contributed by atoms with Crippen LogP contribution < -0.4 is 10.6 Å². The van der Waals surface area contributed by atoms with Gasteiger partial charge in [-0.15, -0.1) is 0 Å². The van der Waals surface area contributed by atoms with Crippen LogP contribution in [0.2, 0.25) is 0 Å². The van der Waals surface area contributed by atoms with Crippen molar-refractivity contribution < 1.29 is 15.0 Å². The fraction of sp³-hybridized carbons (Fsp3) is 0.250. The molecule has 1 fully saturated rings. The first-order chi connectivity index (χ1) is 16.2. The molecule has 4 N–H and O–H groups in total. The molecule has 0 radical (unpaired) electrons. The number of rotatable bonds is 8. The minimum Gasteiger partial charge on any atom is -0.508 e. The van der Waals surface area contributed by atoms with Crippen LogP contribution >= 0.6 is 0 Å². The molecule has 33 heavy (non-hydrogen) atoms. The van der Waals surface area contributed by atoms with Crippen LogP contribution in [0.15, 0.2) is 78.9 Å². The van der Waals surface area contributed by atoms with Crippen molar-refractivity contribution in [3.63, 3.8) is 0 Å². The summed E-state index contributed by atoms with van der Waals surface area (Å²) in [4.78, 5) is 12.5. The summed E-state index contributed by atoms with van der Waals surface area (Å²) in [5.41, 5.74) is 6.02. The maximum Gasteiger partial charge on any atom is 0.241 e. The molecule has 0 spiro atoms. The lowest BCUT2D eigenvalue weighted by Crippen LogP contribution is -2.35. The van der Waals surface area contributed by atoms with Crippen molar-refractivity contribution in [3.8, 4) is 5.75 Å². The van der Waals surface area contributed by atoms with Gasteiger partial charge in [0.05, 0.1) is 6.04 Å². The van der Waals surface area contributed by atoms with Crippen molar-refractivity contribution in [1.82, 2.24) is 5.32 Å². The van der Waals surface area contributed by atoms with Crippen LogP contribution in [0.25, 0.3) is 11.1 Å². The van der Waals surface area contributed by atoms with Gasteiger partial charge >= 0.3 is 0 Å². The van der Waals surface area contributed by atoms with E-state index in [0.717, 1.165) is 52.9 Å². The predicted molar refractivity (Wildman–Crippen MR) is 133 cm³/mol. The van der Waals surface area contributed by atoms with E-state index in [1.807, 2.05) is 54.6 Å². The normalized spacial score (nSPS) is 16.3. The number of carbonyl (C=O) groups is 1. The number of hydrogen-bond acceptors (Lipinski definition) is 4. The van der Waals surface area contributed by atoms with E-state index >= 15 is 0 Å². The Morgan fingerprint density at radius 1 is 0.909 bits per heavy atom. The number of allylic oxidation sites excluding steroid dienone is 1. The monoisotopic (exact) mass is 442 g/mol. The highest BCUT2D eigenvalue weighted by atomic mass is 16.3. The van der Waals surface area contributed by atoms with E-state index in [-0.39, 0.29) is 24.3 Å². The molecule has 1 heterocycles. The van der Waals surface area contributed by atoms with E-state index in [2.05, 4.69) is 22.8 Å². The molecule has 170 valence electrons. The van der Waals surface area contributed by atoms with Crippen LogP contribution in [0.3, 0.4) is 0 Å². The van der Waals surface area contributed by atoms with Crippen LogP contribution in [0.4, 0.5) is 5.69 Å². The molecule has 1 saturated heterocycles. The highest BCUT2D eigenvalue weighted by molar-refractivity contribution is 5.99. The Morgan fingerprint density at radius 2 is 1.58 bits per heavy atom. The van der Waals surface area contributed by atoms with Gasteiger partial charge in [0.1, 0.15) is 5.75 Å². The Hall–Kier alpha value is -3.41. The van der Waals surface area contributed by atoms with Gasteiger partial charge in [0, 0.05) is 12.3 Å². The third-order valence-electron chi connectivity index (χ3n) is 5.98. The molecule has 3 aromatic carbocycles. The van der Waals surface area contributed by atoms with Crippen LogP contribution in [0, 0.1) is 0 Å². The molecule has 0 aromatic heterocycles. The first-order valence-corrected chi connectivity index (χ1v) is 11.5. The van der Waals surface area contributed by atoms with Crippen molar-refractivity contribution in [2.45, 2.75) is 31.7 Å². The summed E-state index contributed by atoms with van der Waals surface area (Å²) in [6.45, 7) is 0.993. The molecular weight excluding hydrogens is 412 g/mol. The van der Waals surface area contributed by atoms with Gasteiger partial charge in [-0.3, -0.25) is 4.79 Å². The Bertz CT molecular complexity index is 1080. The van der Waals surface area contributed by atoms with Crippen LogP contribution in [-0.2, 0) is 4.79 Å². The smallest absolute Gasteiger partial charge is 0.241 e. The number of amides is 1. The summed E-state index contributed by atoms with van der Waals surface area (Å²) in [7, 11) is 0. The third-order valence-corrected chi connectivity index (χ3v) is 5.98. The average molecular weight is 443 g/mol. The van der Waals surface area contributed by atoms with E-state index in [1.165, 1.54) is 0 Å².